The summed E-state index contributed by atoms with van der Waals surface area (Å²) in [6.07, 6.45) is -3.31. The number of hydrogen-bond acceptors (Lipinski definition) is 5. The second-order valence-electron chi connectivity index (χ2n) is 3.87. The maximum Gasteiger partial charge on any atom is 0.405 e. The zero-order valence-corrected chi connectivity index (χ0v) is 10.0. The van der Waals surface area contributed by atoms with Gasteiger partial charge < -0.3 is 10.0 Å². The number of aromatic nitrogens is 1. The van der Waals surface area contributed by atoms with E-state index in [0.717, 1.165) is 6.07 Å². The first-order valence-corrected chi connectivity index (χ1v) is 5.28. The number of halogens is 3. The lowest BCUT2D eigenvalue weighted by Crippen LogP contribution is -2.37. The zero-order valence-electron chi connectivity index (χ0n) is 10.0. The molecule has 0 aliphatic carbocycles. The first-order chi connectivity index (χ1) is 8.74. The lowest BCUT2D eigenvalue weighted by atomic mass is 10.2. The van der Waals surface area contributed by atoms with E-state index in [2.05, 4.69) is 4.98 Å². The number of nitrogens with zero attached hydrogens (tertiary/aromatic N) is 3. The summed E-state index contributed by atoms with van der Waals surface area (Å²) >= 11 is 0. The molecule has 1 aromatic rings. The molecule has 0 amide bonds. The van der Waals surface area contributed by atoms with E-state index in [4.69, 9.17) is 5.11 Å². The van der Waals surface area contributed by atoms with Gasteiger partial charge in [0.1, 0.15) is 6.54 Å². The molecular weight excluding hydrogens is 267 g/mol. The van der Waals surface area contributed by atoms with Gasteiger partial charge >= 0.3 is 11.9 Å². The SMILES string of the molecule is Cc1cnc(N(CCO)CC(F)(F)F)c([N+](=O)[O-])c1. The van der Waals surface area contributed by atoms with Crippen molar-refractivity contribution in [3.8, 4) is 0 Å². The van der Waals surface area contributed by atoms with E-state index in [-0.39, 0.29) is 0 Å². The molecule has 0 saturated heterocycles. The van der Waals surface area contributed by atoms with Crippen molar-refractivity contribution < 1.29 is 23.2 Å². The molecule has 1 aromatic heterocycles. The Kier molecular flexibility index (Phi) is 4.65. The second-order valence-corrected chi connectivity index (χ2v) is 3.87. The summed E-state index contributed by atoms with van der Waals surface area (Å²) in [5.41, 5.74) is -0.0518. The van der Waals surface area contributed by atoms with Crippen LogP contribution < -0.4 is 4.90 Å². The molecule has 0 atom stereocenters. The summed E-state index contributed by atoms with van der Waals surface area (Å²) in [7, 11) is 0. The van der Waals surface area contributed by atoms with Gasteiger partial charge in [0.25, 0.3) is 0 Å². The zero-order chi connectivity index (χ0) is 14.6. The van der Waals surface area contributed by atoms with Crippen LogP contribution in [0.5, 0.6) is 0 Å². The van der Waals surface area contributed by atoms with E-state index in [1.54, 1.807) is 6.92 Å². The third-order valence-corrected chi connectivity index (χ3v) is 2.22. The van der Waals surface area contributed by atoms with Crippen molar-refractivity contribution >= 4 is 11.5 Å². The minimum Gasteiger partial charge on any atom is -0.395 e. The van der Waals surface area contributed by atoms with E-state index in [1.807, 2.05) is 0 Å². The Bertz CT molecular complexity index is 465. The summed E-state index contributed by atoms with van der Waals surface area (Å²) in [5.74, 6) is -0.401. The second kappa shape index (κ2) is 5.83. The number of rotatable bonds is 5. The average molecular weight is 279 g/mol. The minimum atomic E-state index is -4.55. The van der Waals surface area contributed by atoms with Gasteiger partial charge in [0.2, 0.25) is 5.82 Å². The number of aliphatic hydroxyl groups excluding tert-OH is 1. The number of alkyl halides is 3. The Balaban J connectivity index is 3.18. The van der Waals surface area contributed by atoms with Crippen molar-refractivity contribution in [3.63, 3.8) is 0 Å². The lowest BCUT2D eigenvalue weighted by molar-refractivity contribution is -0.384. The molecule has 0 bridgehead atoms. The third-order valence-electron chi connectivity index (χ3n) is 2.22. The van der Waals surface area contributed by atoms with Gasteiger partial charge in [0.05, 0.1) is 11.5 Å². The number of aryl methyl sites for hydroxylation is 1. The van der Waals surface area contributed by atoms with Gasteiger partial charge in [-0.2, -0.15) is 13.2 Å². The summed E-state index contributed by atoms with van der Waals surface area (Å²) < 4.78 is 37.2. The topological polar surface area (TPSA) is 79.5 Å². The van der Waals surface area contributed by atoms with Gasteiger partial charge in [-0.05, 0) is 12.5 Å². The molecule has 1 heterocycles. The van der Waals surface area contributed by atoms with Crippen molar-refractivity contribution in [3.05, 3.63) is 27.9 Å². The fourth-order valence-corrected chi connectivity index (χ4v) is 1.52. The number of hydrogen-bond donors (Lipinski definition) is 1. The molecule has 0 fully saturated rings. The molecule has 1 N–H and O–H groups in total. The largest absolute Gasteiger partial charge is 0.405 e. The van der Waals surface area contributed by atoms with Crippen LogP contribution >= 0.6 is 0 Å². The van der Waals surface area contributed by atoms with E-state index in [0.29, 0.717) is 10.5 Å². The Morgan fingerprint density at radius 1 is 1.53 bits per heavy atom. The van der Waals surface area contributed by atoms with Gasteiger partial charge in [0.15, 0.2) is 0 Å². The highest BCUT2D eigenvalue weighted by molar-refractivity contribution is 5.58. The monoisotopic (exact) mass is 279 g/mol. The first kappa shape index (κ1) is 15.2. The Morgan fingerprint density at radius 3 is 2.63 bits per heavy atom. The van der Waals surface area contributed by atoms with E-state index >= 15 is 0 Å². The highest BCUT2D eigenvalue weighted by Gasteiger charge is 2.33. The maximum absolute atomic E-state index is 12.4. The van der Waals surface area contributed by atoms with Crippen molar-refractivity contribution in [2.75, 3.05) is 24.6 Å². The number of nitro groups is 1. The smallest absolute Gasteiger partial charge is 0.395 e. The molecule has 6 nitrogen and oxygen atoms in total. The highest BCUT2D eigenvalue weighted by atomic mass is 19.4. The Morgan fingerprint density at radius 2 is 2.16 bits per heavy atom. The maximum atomic E-state index is 12.4. The predicted molar refractivity (Wildman–Crippen MR) is 61.0 cm³/mol. The van der Waals surface area contributed by atoms with Gasteiger partial charge in [-0.25, -0.2) is 4.98 Å². The van der Waals surface area contributed by atoms with E-state index < -0.39 is 42.3 Å². The van der Waals surface area contributed by atoms with Crippen molar-refractivity contribution in [2.24, 2.45) is 0 Å². The summed E-state index contributed by atoms with van der Waals surface area (Å²) in [6, 6.07) is 1.14. The molecular formula is C10H12F3N3O3. The van der Waals surface area contributed by atoms with Crippen LogP contribution in [0, 0.1) is 17.0 Å². The van der Waals surface area contributed by atoms with Crippen LogP contribution in [0.25, 0.3) is 0 Å². The van der Waals surface area contributed by atoms with Gasteiger partial charge in [0, 0.05) is 18.8 Å². The fraction of sp³-hybridized carbons (Fsp3) is 0.500. The number of aliphatic hydroxyl groups is 1. The molecule has 19 heavy (non-hydrogen) atoms. The van der Waals surface area contributed by atoms with Crippen LogP contribution in [0.1, 0.15) is 5.56 Å². The van der Waals surface area contributed by atoms with Crippen LogP contribution in [0.3, 0.4) is 0 Å². The van der Waals surface area contributed by atoms with Gasteiger partial charge in [-0.1, -0.05) is 0 Å². The highest BCUT2D eigenvalue weighted by Crippen LogP contribution is 2.28. The van der Waals surface area contributed by atoms with Crippen LogP contribution in [-0.2, 0) is 0 Å². The average Bonchev–Trinajstić information content (AvgIpc) is 2.26. The summed E-state index contributed by atoms with van der Waals surface area (Å²) in [4.78, 5) is 14.4. The lowest BCUT2D eigenvalue weighted by Gasteiger charge is -2.23. The Hall–Kier alpha value is -1.90. The van der Waals surface area contributed by atoms with Gasteiger partial charge in [-0.15, -0.1) is 0 Å². The molecule has 0 spiro atoms. The normalized spacial score (nSPS) is 11.4. The molecule has 0 unspecified atom stereocenters. The number of pyridine rings is 1. The molecule has 0 radical (unpaired) electrons. The van der Waals surface area contributed by atoms with E-state index in [9.17, 15) is 23.3 Å². The molecule has 106 valence electrons. The molecule has 0 saturated carbocycles. The fourth-order valence-electron chi connectivity index (χ4n) is 1.52. The quantitative estimate of drug-likeness (QED) is 0.655. The van der Waals surface area contributed by atoms with Crippen LogP contribution in [0.4, 0.5) is 24.7 Å². The standard InChI is InChI=1S/C10H12F3N3O3/c1-7-4-8(16(18)19)9(14-5-7)15(2-3-17)6-10(11,12)13/h4-5,17H,2-3,6H2,1H3. The number of anilines is 1. The summed E-state index contributed by atoms with van der Waals surface area (Å²) in [6.45, 7) is -0.826. The Labute approximate surface area is 106 Å². The van der Waals surface area contributed by atoms with Crippen LogP contribution in [0.2, 0.25) is 0 Å². The van der Waals surface area contributed by atoms with E-state index in [1.165, 1.54) is 6.20 Å². The molecule has 0 aliphatic heterocycles. The van der Waals surface area contributed by atoms with Crippen molar-refractivity contribution in [2.45, 2.75) is 13.1 Å². The van der Waals surface area contributed by atoms with Crippen molar-refractivity contribution in [1.82, 2.24) is 4.98 Å². The molecule has 0 aromatic carbocycles. The van der Waals surface area contributed by atoms with Gasteiger partial charge in [-0.3, -0.25) is 10.1 Å². The first-order valence-electron chi connectivity index (χ1n) is 5.28. The molecule has 0 aliphatic rings. The third kappa shape index (κ3) is 4.36. The molecule has 9 heteroatoms. The predicted octanol–water partition coefficient (Wildman–Crippen LogP) is 1.66. The van der Waals surface area contributed by atoms with Crippen LogP contribution in [0.15, 0.2) is 12.3 Å². The van der Waals surface area contributed by atoms with Crippen molar-refractivity contribution in [1.29, 1.82) is 0 Å². The summed E-state index contributed by atoms with van der Waals surface area (Å²) in [5, 5.41) is 19.6. The molecule has 1 rings (SSSR count). The minimum absolute atomic E-state index is 0.392. The van der Waals surface area contributed by atoms with Crippen LogP contribution in [-0.4, -0.2) is 40.9 Å².